The second kappa shape index (κ2) is 27.2. The van der Waals surface area contributed by atoms with Crippen molar-refractivity contribution in [1.29, 1.82) is 0 Å². The SMILES string of the molecule is CC(=O)CC(C)=O.CC(=O)CC(C)=O.CCC(C(C)=O)C(=O)O.CCC(C(C)=O)C(=O)O.[O]=[Zr]([OH])[OH]. The van der Waals surface area contributed by atoms with Gasteiger partial charge in [0.1, 0.15) is 46.5 Å². The number of Topliss-reactive ketones (excluding diaryl/α,β-unsaturated/α-hetero) is 6. The summed E-state index contributed by atoms with van der Waals surface area (Å²) in [6.45, 7) is 11.6. The van der Waals surface area contributed by atoms with Crippen LogP contribution in [0.5, 0.6) is 0 Å². The fourth-order valence-corrected chi connectivity index (χ4v) is 1.97. The van der Waals surface area contributed by atoms with Crippen molar-refractivity contribution in [3.05, 3.63) is 0 Å². The first-order chi connectivity index (χ1) is 16.2. The zero-order chi connectivity index (χ0) is 30.2. The van der Waals surface area contributed by atoms with Crippen LogP contribution in [0.3, 0.4) is 0 Å². The van der Waals surface area contributed by atoms with Crippen LogP contribution in [-0.2, 0) is 63.8 Å². The number of hydrogen-bond acceptors (Lipinski definition) is 9. The van der Waals surface area contributed by atoms with Crippen molar-refractivity contribution >= 4 is 46.6 Å². The molecule has 0 aliphatic heterocycles. The second-order valence-corrected chi connectivity index (χ2v) is 8.65. The molecule has 0 aromatic rings. The number of ketones is 6. The van der Waals surface area contributed by atoms with E-state index in [9.17, 15) is 38.4 Å². The Kier molecular flexibility index (Phi) is 32.9. The van der Waals surface area contributed by atoms with Crippen LogP contribution in [0.4, 0.5) is 0 Å². The Bertz CT molecular complexity index is 658. The molecule has 2 atom stereocenters. The van der Waals surface area contributed by atoms with Gasteiger partial charge in [0.2, 0.25) is 0 Å². The van der Waals surface area contributed by atoms with Crippen LogP contribution in [0.1, 0.15) is 81.1 Å². The van der Waals surface area contributed by atoms with Gasteiger partial charge in [-0.15, -0.1) is 0 Å². The Morgan fingerprint density at radius 2 is 0.722 bits per heavy atom. The molecule has 0 rings (SSSR count). The predicted molar refractivity (Wildman–Crippen MR) is 121 cm³/mol. The quantitative estimate of drug-likeness (QED) is 0.258. The molecular formula is C22H38O13Zr. The van der Waals surface area contributed by atoms with E-state index in [1.165, 1.54) is 41.5 Å². The number of rotatable bonds is 10. The van der Waals surface area contributed by atoms with Crippen molar-refractivity contribution in [3.63, 3.8) is 0 Å². The Labute approximate surface area is 219 Å². The summed E-state index contributed by atoms with van der Waals surface area (Å²) in [5, 5.41) is 16.6. The fourth-order valence-electron chi connectivity index (χ4n) is 1.97. The van der Waals surface area contributed by atoms with E-state index < -0.39 is 46.4 Å². The van der Waals surface area contributed by atoms with Crippen LogP contribution in [-0.4, -0.2) is 63.2 Å². The molecular weight excluding hydrogens is 563 g/mol. The third-order valence-corrected chi connectivity index (χ3v) is 3.39. The van der Waals surface area contributed by atoms with Gasteiger partial charge in [0, 0.05) is 0 Å². The summed E-state index contributed by atoms with van der Waals surface area (Å²) < 4.78 is 23.3. The third kappa shape index (κ3) is 45.1. The number of carboxylic acids is 2. The zero-order valence-corrected chi connectivity index (χ0v) is 24.4. The molecule has 0 aromatic heterocycles. The fraction of sp³-hybridized carbons (Fsp3) is 0.636. The van der Waals surface area contributed by atoms with Gasteiger partial charge < -0.3 is 10.2 Å². The van der Waals surface area contributed by atoms with Gasteiger partial charge in [-0.2, -0.15) is 0 Å². The predicted octanol–water partition coefficient (Wildman–Crippen LogP) is 1.25. The maximum atomic E-state index is 10.4. The molecule has 0 amide bonds. The van der Waals surface area contributed by atoms with Crippen molar-refractivity contribution in [2.75, 3.05) is 0 Å². The van der Waals surface area contributed by atoms with Crippen LogP contribution in [0.25, 0.3) is 0 Å². The molecule has 0 heterocycles. The van der Waals surface area contributed by atoms with Crippen LogP contribution in [0, 0.1) is 11.8 Å². The van der Waals surface area contributed by atoms with Crippen molar-refractivity contribution in [2.24, 2.45) is 11.8 Å². The molecule has 2 unspecified atom stereocenters. The first-order valence-electron chi connectivity index (χ1n) is 10.5. The van der Waals surface area contributed by atoms with E-state index in [0.717, 1.165) is 0 Å². The Hall–Kier alpha value is -2.44. The molecule has 0 aromatic carbocycles. The molecule has 0 saturated heterocycles. The van der Waals surface area contributed by atoms with Crippen molar-refractivity contribution < 1.29 is 80.4 Å². The van der Waals surface area contributed by atoms with Gasteiger partial charge in [0.15, 0.2) is 0 Å². The van der Waals surface area contributed by atoms with Crippen LogP contribution in [0.2, 0.25) is 0 Å². The van der Waals surface area contributed by atoms with Crippen LogP contribution < -0.4 is 0 Å². The van der Waals surface area contributed by atoms with E-state index in [2.05, 4.69) is 0 Å². The monoisotopic (exact) mass is 600 g/mol. The molecule has 0 aliphatic carbocycles. The first kappa shape index (κ1) is 43.6. The average molecular weight is 602 g/mol. The molecule has 208 valence electrons. The van der Waals surface area contributed by atoms with E-state index in [-0.39, 0.29) is 47.5 Å². The Morgan fingerprint density at radius 3 is 0.722 bits per heavy atom. The minimum atomic E-state index is -3.79. The van der Waals surface area contributed by atoms with Crippen LogP contribution >= 0.6 is 0 Å². The molecule has 4 N–H and O–H groups in total. The van der Waals surface area contributed by atoms with Crippen molar-refractivity contribution in [2.45, 2.75) is 81.1 Å². The van der Waals surface area contributed by atoms with Gasteiger partial charge in [-0.25, -0.2) is 0 Å². The molecule has 13 nitrogen and oxygen atoms in total. The number of carbonyl (C=O) groups excluding carboxylic acids is 6. The van der Waals surface area contributed by atoms with Crippen molar-refractivity contribution in [3.8, 4) is 0 Å². The summed E-state index contributed by atoms with van der Waals surface area (Å²) in [6, 6.07) is 0. The normalized spacial score (nSPS) is 10.3. The molecule has 14 heteroatoms. The molecule has 0 fully saturated rings. The molecule has 0 saturated carbocycles. The topological polar surface area (TPSA) is 235 Å². The summed E-state index contributed by atoms with van der Waals surface area (Å²) in [4.78, 5) is 81.3. The average Bonchev–Trinajstić information content (AvgIpc) is 2.60. The Balaban J connectivity index is -0.000000114. The first-order valence-corrected chi connectivity index (χ1v) is 13.7. The number of hydrogen-bond donors (Lipinski definition) is 4. The maximum absolute atomic E-state index is 10.4. The van der Waals surface area contributed by atoms with E-state index in [1.807, 2.05) is 0 Å². The molecule has 36 heavy (non-hydrogen) atoms. The summed E-state index contributed by atoms with van der Waals surface area (Å²) in [5.74, 6) is -4.44. The third-order valence-electron chi connectivity index (χ3n) is 3.39. The minimum absolute atomic E-state index is 0.0625. The van der Waals surface area contributed by atoms with Gasteiger partial charge in [0.25, 0.3) is 0 Å². The number of aliphatic carboxylic acids is 2. The van der Waals surface area contributed by atoms with Crippen LogP contribution in [0.15, 0.2) is 0 Å². The van der Waals surface area contributed by atoms with E-state index in [4.69, 9.17) is 19.4 Å². The molecule has 0 bridgehead atoms. The molecule has 0 radical (unpaired) electrons. The molecule has 0 spiro atoms. The summed E-state index contributed by atoms with van der Waals surface area (Å²) in [7, 11) is 0. The van der Waals surface area contributed by atoms with Gasteiger partial charge in [-0.05, 0) is 54.4 Å². The number of carbonyl (C=O) groups is 8. The van der Waals surface area contributed by atoms with Gasteiger partial charge in [-0.1, -0.05) is 13.8 Å². The van der Waals surface area contributed by atoms with E-state index in [0.29, 0.717) is 12.8 Å². The van der Waals surface area contributed by atoms with Gasteiger partial charge in [-0.3, -0.25) is 38.4 Å². The van der Waals surface area contributed by atoms with Gasteiger partial charge in [0.05, 0.1) is 12.8 Å². The second-order valence-electron chi connectivity index (χ2n) is 7.26. The Morgan fingerprint density at radius 1 is 0.556 bits per heavy atom. The summed E-state index contributed by atoms with van der Waals surface area (Å²) in [5.41, 5.74) is 0. The summed E-state index contributed by atoms with van der Waals surface area (Å²) >= 11 is -3.79. The van der Waals surface area contributed by atoms with Gasteiger partial charge >= 0.3 is 43.8 Å². The molecule has 0 aliphatic rings. The standard InChI is InChI=1S/2C6H10O3.2C5H8O2.2H2O.O.Zr/c2*1-3-5(4(2)7)6(8)9;2*1-4(6)3-5(2)7;;;;/h2*5H,3H2,1-2H3,(H,8,9);2*3H2,1-2H3;2*1H2;;/q;;;;;;;+2/p-2. The number of carboxylic acid groups (broad SMARTS) is 2. The van der Waals surface area contributed by atoms with E-state index >= 15 is 0 Å². The van der Waals surface area contributed by atoms with E-state index in [1.54, 1.807) is 13.8 Å². The summed E-state index contributed by atoms with van der Waals surface area (Å²) in [6.07, 6.45) is 0.926. The zero-order valence-electron chi connectivity index (χ0n) is 21.9. The van der Waals surface area contributed by atoms with Crippen molar-refractivity contribution in [1.82, 2.24) is 0 Å².